The van der Waals surface area contributed by atoms with E-state index in [4.69, 9.17) is 8.92 Å². The summed E-state index contributed by atoms with van der Waals surface area (Å²) < 4.78 is 42.9. The lowest BCUT2D eigenvalue weighted by molar-refractivity contribution is -0.151. The summed E-state index contributed by atoms with van der Waals surface area (Å²) in [6.45, 7) is 16.3. The van der Waals surface area contributed by atoms with Crippen LogP contribution in [0.15, 0.2) is 23.0 Å². The molecule has 4 aliphatic rings. The fraction of sp³-hybridized carbons (Fsp3) is 0.844. The van der Waals surface area contributed by atoms with Gasteiger partial charge < -0.3 is 14.9 Å². The summed E-state index contributed by atoms with van der Waals surface area (Å²) in [5, 5.41) is 23.1. The maximum atomic E-state index is 11.9. The van der Waals surface area contributed by atoms with E-state index in [-0.39, 0.29) is 23.7 Å². The van der Waals surface area contributed by atoms with Gasteiger partial charge in [0.25, 0.3) is 0 Å². The standard InChI is InChI=1S/C32H52O8S/c1-18(2)21(17-39-20(4)33)10-9-19(3)23-12-13-24-22-11-14-27-30(5,6)29(40-41(36,37)38)26(35)16-32(27,8)28(22)25(34)15-31(23,24)7/h17-19,23-27,29,34-35H,9-16H2,1-8H3,(H,36,37,38)/t19-,23-,24+,25+,26-,27?,29+,31-,32+/m1/s1. The predicted molar refractivity (Wildman–Crippen MR) is 157 cm³/mol. The monoisotopic (exact) mass is 596 g/mol. The van der Waals surface area contributed by atoms with Crippen LogP contribution in [0, 0.1) is 45.8 Å². The Morgan fingerprint density at radius 2 is 1.73 bits per heavy atom. The highest BCUT2D eigenvalue weighted by atomic mass is 32.3. The third-order valence-electron chi connectivity index (χ3n) is 11.8. The summed E-state index contributed by atoms with van der Waals surface area (Å²) in [5.74, 6) is 1.26. The first kappa shape index (κ1) is 32.6. The van der Waals surface area contributed by atoms with E-state index in [1.165, 1.54) is 12.5 Å². The lowest BCUT2D eigenvalue weighted by Gasteiger charge is -2.62. The zero-order chi connectivity index (χ0) is 30.7. The molecular formula is C32H52O8S. The quantitative estimate of drug-likeness (QED) is 0.135. The van der Waals surface area contributed by atoms with Gasteiger partial charge >= 0.3 is 16.4 Å². The molecule has 0 aromatic rings. The van der Waals surface area contributed by atoms with Crippen molar-refractivity contribution >= 4 is 16.4 Å². The molecule has 4 aliphatic carbocycles. The van der Waals surface area contributed by atoms with Gasteiger partial charge in [0.15, 0.2) is 0 Å². The first-order valence-electron chi connectivity index (χ1n) is 15.4. The molecule has 0 saturated heterocycles. The van der Waals surface area contributed by atoms with Crippen molar-refractivity contribution in [3.8, 4) is 0 Å². The number of hydrogen-bond acceptors (Lipinski definition) is 7. The number of aliphatic hydroxyl groups is 2. The number of ether oxygens (including phenoxy) is 1. The molecule has 2 saturated carbocycles. The lowest BCUT2D eigenvalue weighted by atomic mass is 9.45. The van der Waals surface area contributed by atoms with Crippen molar-refractivity contribution < 1.29 is 36.9 Å². The Bertz CT molecular complexity index is 1190. The van der Waals surface area contributed by atoms with Crippen molar-refractivity contribution in [1.82, 2.24) is 0 Å². The zero-order valence-corrected chi connectivity index (χ0v) is 27.0. The van der Waals surface area contributed by atoms with Gasteiger partial charge in [-0.25, -0.2) is 4.18 Å². The molecule has 9 heteroatoms. The van der Waals surface area contributed by atoms with E-state index in [9.17, 15) is 28.0 Å². The molecule has 0 aromatic carbocycles. The normalized spacial score (nSPS) is 39.7. The maximum Gasteiger partial charge on any atom is 0.397 e. The molecule has 8 nitrogen and oxygen atoms in total. The van der Waals surface area contributed by atoms with Crippen LogP contribution < -0.4 is 0 Å². The van der Waals surface area contributed by atoms with Gasteiger partial charge in [0, 0.05) is 6.92 Å². The minimum Gasteiger partial charge on any atom is -0.435 e. The van der Waals surface area contributed by atoms with Crippen LogP contribution in [0.4, 0.5) is 0 Å². The van der Waals surface area contributed by atoms with Gasteiger partial charge in [-0.1, -0.05) is 54.0 Å². The molecule has 3 N–H and O–H groups in total. The fourth-order valence-electron chi connectivity index (χ4n) is 10.1. The van der Waals surface area contributed by atoms with Crippen molar-refractivity contribution in [2.24, 2.45) is 45.8 Å². The van der Waals surface area contributed by atoms with Crippen LogP contribution in [0.1, 0.15) is 107 Å². The number of rotatable bonds is 8. The Hall–Kier alpha value is -1.26. The minimum atomic E-state index is -4.72. The van der Waals surface area contributed by atoms with Crippen LogP contribution in [0.3, 0.4) is 0 Å². The van der Waals surface area contributed by atoms with Gasteiger partial charge in [-0.2, -0.15) is 8.42 Å². The second kappa shape index (κ2) is 11.3. The Labute approximate surface area is 246 Å². The predicted octanol–water partition coefficient (Wildman–Crippen LogP) is 5.99. The van der Waals surface area contributed by atoms with E-state index in [1.54, 1.807) is 6.26 Å². The van der Waals surface area contributed by atoms with Crippen LogP contribution in [0.5, 0.6) is 0 Å². The number of hydrogen-bond donors (Lipinski definition) is 3. The molecule has 0 radical (unpaired) electrons. The summed E-state index contributed by atoms with van der Waals surface area (Å²) >= 11 is 0. The van der Waals surface area contributed by atoms with E-state index >= 15 is 0 Å². The van der Waals surface area contributed by atoms with E-state index < -0.39 is 39.5 Å². The summed E-state index contributed by atoms with van der Waals surface area (Å²) in [6, 6.07) is 0. The number of esters is 1. The molecule has 41 heavy (non-hydrogen) atoms. The SMILES string of the molecule is CC(=O)OC=C(CC[C@@H](C)[C@H]1CC[C@H]2C3=C([C@@H](O)C[C@]12C)[C@@]1(C)C[C@@H](O)[C@H](OS(=O)(=O)O)C(C)(C)C1CC3)C(C)C. The molecule has 0 aromatic heterocycles. The molecular weight excluding hydrogens is 544 g/mol. The van der Waals surface area contributed by atoms with Crippen molar-refractivity contribution in [3.05, 3.63) is 23.0 Å². The van der Waals surface area contributed by atoms with Crippen LogP contribution in [0.25, 0.3) is 0 Å². The van der Waals surface area contributed by atoms with E-state index in [0.29, 0.717) is 30.1 Å². The highest BCUT2D eigenvalue weighted by molar-refractivity contribution is 7.80. The number of carbonyl (C=O) groups excluding carboxylic acids is 1. The largest absolute Gasteiger partial charge is 0.435 e. The molecule has 0 spiro atoms. The van der Waals surface area contributed by atoms with E-state index in [0.717, 1.165) is 49.7 Å². The Morgan fingerprint density at radius 1 is 1.07 bits per heavy atom. The van der Waals surface area contributed by atoms with Crippen molar-refractivity contribution in [2.45, 2.75) is 125 Å². The summed E-state index contributed by atoms with van der Waals surface area (Å²) in [7, 11) is -4.72. The van der Waals surface area contributed by atoms with Gasteiger partial charge in [0.05, 0.1) is 18.5 Å². The summed E-state index contributed by atoms with van der Waals surface area (Å²) in [5.41, 5.74) is 2.30. The smallest absolute Gasteiger partial charge is 0.397 e. The topological polar surface area (TPSA) is 130 Å². The molecule has 2 fully saturated rings. The Kier molecular flexibility index (Phi) is 9.03. The van der Waals surface area contributed by atoms with Crippen LogP contribution >= 0.6 is 0 Å². The summed E-state index contributed by atoms with van der Waals surface area (Å²) in [4.78, 5) is 11.3. The number of aliphatic hydroxyl groups excluding tert-OH is 2. The third-order valence-corrected chi connectivity index (χ3v) is 12.2. The Balaban J connectivity index is 1.59. The van der Waals surface area contributed by atoms with Crippen LogP contribution in [-0.4, -0.2) is 47.5 Å². The highest BCUT2D eigenvalue weighted by Crippen LogP contribution is 2.68. The third kappa shape index (κ3) is 5.95. The molecule has 0 bridgehead atoms. The fourth-order valence-corrected chi connectivity index (χ4v) is 10.7. The maximum absolute atomic E-state index is 11.9. The van der Waals surface area contributed by atoms with Crippen molar-refractivity contribution in [2.75, 3.05) is 0 Å². The minimum absolute atomic E-state index is 0.0162. The van der Waals surface area contributed by atoms with Crippen molar-refractivity contribution in [3.63, 3.8) is 0 Å². The van der Waals surface area contributed by atoms with Crippen LogP contribution in [-0.2, 0) is 24.1 Å². The second-order valence-electron chi connectivity index (χ2n) is 14.9. The first-order valence-corrected chi connectivity index (χ1v) is 16.8. The second-order valence-corrected chi connectivity index (χ2v) is 16.0. The lowest BCUT2D eigenvalue weighted by Crippen LogP contribution is -2.61. The van der Waals surface area contributed by atoms with Gasteiger partial charge in [-0.3, -0.25) is 9.35 Å². The molecule has 9 atom stereocenters. The molecule has 0 heterocycles. The van der Waals surface area contributed by atoms with Gasteiger partial charge in [-0.15, -0.1) is 0 Å². The summed E-state index contributed by atoms with van der Waals surface area (Å²) in [6.07, 6.45) is 5.55. The number of fused-ring (bicyclic) bond motifs is 4. The van der Waals surface area contributed by atoms with Crippen molar-refractivity contribution in [1.29, 1.82) is 0 Å². The highest BCUT2D eigenvalue weighted by Gasteiger charge is 2.63. The van der Waals surface area contributed by atoms with Gasteiger partial charge in [-0.05, 0) is 108 Å². The average Bonchev–Trinajstić information content (AvgIpc) is 3.16. The molecule has 4 rings (SSSR count). The number of allylic oxidation sites excluding steroid dienone is 2. The molecule has 234 valence electrons. The average molecular weight is 597 g/mol. The molecule has 1 unspecified atom stereocenters. The van der Waals surface area contributed by atoms with Gasteiger partial charge in [0.2, 0.25) is 0 Å². The number of carbonyl (C=O) groups is 1. The zero-order valence-electron chi connectivity index (χ0n) is 26.1. The molecule has 0 amide bonds. The molecule has 0 aliphatic heterocycles. The van der Waals surface area contributed by atoms with E-state index in [1.807, 2.05) is 13.8 Å². The Morgan fingerprint density at radius 3 is 2.32 bits per heavy atom. The first-order chi connectivity index (χ1) is 18.8. The van der Waals surface area contributed by atoms with Gasteiger partial charge in [0.1, 0.15) is 6.10 Å². The van der Waals surface area contributed by atoms with E-state index in [2.05, 4.69) is 34.6 Å². The van der Waals surface area contributed by atoms with Crippen LogP contribution in [0.2, 0.25) is 0 Å².